The first-order valence-corrected chi connectivity index (χ1v) is 8.47. The second kappa shape index (κ2) is 8.16. The van der Waals surface area contributed by atoms with Gasteiger partial charge in [-0.25, -0.2) is 13.8 Å². The van der Waals surface area contributed by atoms with Crippen LogP contribution in [0, 0.1) is 17.6 Å². The first-order chi connectivity index (χ1) is 12.1. The van der Waals surface area contributed by atoms with E-state index in [2.05, 4.69) is 27.3 Å². The number of benzene rings is 1. The van der Waals surface area contributed by atoms with Crippen molar-refractivity contribution in [1.82, 2.24) is 15.2 Å². The van der Waals surface area contributed by atoms with Gasteiger partial charge in [0.1, 0.15) is 5.82 Å². The number of nitrogens with one attached hydrogen (secondary N) is 1. The Kier molecular flexibility index (Phi) is 5.71. The number of aromatic nitrogens is 1. The SMILES string of the molecule is O=C(NCC[C@H]1CCN(Cc2ccccc2)C1)c1ncc(F)cc1F. The molecule has 1 atom stereocenters. The Hall–Kier alpha value is -2.34. The van der Waals surface area contributed by atoms with Gasteiger partial charge in [-0.05, 0) is 30.9 Å². The molecule has 0 aliphatic carbocycles. The highest BCUT2D eigenvalue weighted by Crippen LogP contribution is 2.21. The summed E-state index contributed by atoms with van der Waals surface area (Å²) in [5, 5.41) is 2.67. The lowest BCUT2D eigenvalue weighted by Crippen LogP contribution is -2.28. The Morgan fingerprint density at radius 2 is 2.08 bits per heavy atom. The van der Waals surface area contributed by atoms with Crippen LogP contribution in [0.15, 0.2) is 42.6 Å². The lowest BCUT2D eigenvalue weighted by molar-refractivity contribution is 0.0942. The van der Waals surface area contributed by atoms with E-state index in [0.29, 0.717) is 18.5 Å². The second-order valence-corrected chi connectivity index (χ2v) is 6.40. The maximum Gasteiger partial charge on any atom is 0.272 e. The van der Waals surface area contributed by atoms with Gasteiger partial charge in [0.15, 0.2) is 11.5 Å². The minimum absolute atomic E-state index is 0.362. The molecule has 1 aliphatic rings. The molecule has 1 aromatic carbocycles. The average molecular weight is 345 g/mol. The van der Waals surface area contributed by atoms with Crippen molar-refractivity contribution < 1.29 is 13.6 Å². The summed E-state index contributed by atoms with van der Waals surface area (Å²) < 4.78 is 26.3. The number of amides is 1. The number of rotatable bonds is 6. The number of nitrogens with zero attached hydrogens (tertiary/aromatic N) is 2. The van der Waals surface area contributed by atoms with E-state index >= 15 is 0 Å². The molecule has 4 nitrogen and oxygen atoms in total. The zero-order valence-corrected chi connectivity index (χ0v) is 13.9. The molecule has 2 aromatic rings. The molecule has 0 spiro atoms. The molecule has 25 heavy (non-hydrogen) atoms. The number of carbonyl (C=O) groups is 1. The van der Waals surface area contributed by atoms with Crippen molar-refractivity contribution in [2.24, 2.45) is 5.92 Å². The van der Waals surface area contributed by atoms with E-state index in [9.17, 15) is 13.6 Å². The van der Waals surface area contributed by atoms with E-state index in [1.54, 1.807) is 0 Å². The highest BCUT2D eigenvalue weighted by molar-refractivity contribution is 5.92. The van der Waals surface area contributed by atoms with Gasteiger partial charge in [0.05, 0.1) is 6.20 Å². The molecule has 2 heterocycles. The Bertz CT molecular complexity index is 724. The molecular weight excluding hydrogens is 324 g/mol. The Morgan fingerprint density at radius 1 is 1.28 bits per heavy atom. The molecule has 1 aromatic heterocycles. The van der Waals surface area contributed by atoms with Crippen molar-refractivity contribution in [3.05, 3.63) is 65.5 Å². The van der Waals surface area contributed by atoms with Crippen LogP contribution < -0.4 is 5.32 Å². The van der Waals surface area contributed by atoms with Crippen LogP contribution in [0.5, 0.6) is 0 Å². The Labute approximate surface area is 145 Å². The van der Waals surface area contributed by atoms with E-state index < -0.39 is 17.5 Å². The van der Waals surface area contributed by atoms with Gasteiger partial charge in [0.25, 0.3) is 5.91 Å². The lowest BCUT2D eigenvalue weighted by Gasteiger charge is -2.16. The highest BCUT2D eigenvalue weighted by atomic mass is 19.1. The highest BCUT2D eigenvalue weighted by Gasteiger charge is 2.22. The summed E-state index contributed by atoms with van der Waals surface area (Å²) in [7, 11) is 0. The van der Waals surface area contributed by atoms with Gasteiger partial charge >= 0.3 is 0 Å². The third-order valence-corrected chi connectivity index (χ3v) is 4.48. The summed E-state index contributed by atoms with van der Waals surface area (Å²) in [5.41, 5.74) is 0.938. The van der Waals surface area contributed by atoms with E-state index in [1.165, 1.54) is 5.56 Å². The third kappa shape index (κ3) is 4.82. The van der Waals surface area contributed by atoms with Gasteiger partial charge in [-0.2, -0.15) is 0 Å². The van der Waals surface area contributed by atoms with Crippen LogP contribution in [-0.2, 0) is 6.54 Å². The first-order valence-electron chi connectivity index (χ1n) is 8.47. The molecular formula is C19H21F2N3O. The monoisotopic (exact) mass is 345 g/mol. The van der Waals surface area contributed by atoms with Crippen LogP contribution in [0.25, 0.3) is 0 Å². The summed E-state index contributed by atoms with van der Waals surface area (Å²) >= 11 is 0. The summed E-state index contributed by atoms with van der Waals surface area (Å²) in [5.74, 6) is -1.82. The van der Waals surface area contributed by atoms with Crippen LogP contribution in [0.4, 0.5) is 8.78 Å². The van der Waals surface area contributed by atoms with Crippen molar-refractivity contribution in [3.8, 4) is 0 Å². The van der Waals surface area contributed by atoms with Crippen molar-refractivity contribution in [2.45, 2.75) is 19.4 Å². The van der Waals surface area contributed by atoms with Gasteiger partial charge in [-0.15, -0.1) is 0 Å². The van der Waals surface area contributed by atoms with Crippen molar-refractivity contribution in [1.29, 1.82) is 0 Å². The van der Waals surface area contributed by atoms with Crippen LogP contribution in [0.2, 0.25) is 0 Å². The summed E-state index contributed by atoms with van der Waals surface area (Å²) in [6.45, 7) is 3.44. The van der Waals surface area contributed by atoms with Crippen LogP contribution in [0.1, 0.15) is 28.9 Å². The molecule has 1 aliphatic heterocycles. The number of pyridine rings is 1. The normalized spacial score (nSPS) is 17.6. The molecule has 0 radical (unpaired) electrons. The Morgan fingerprint density at radius 3 is 2.84 bits per heavy atom. The maximum atomic E-state index is 13.5. The summed E-state index contributed by atoms with van der Waals surface area (Å²) in [4.78, 5) is 17.8. The zero-order chi connectivity index (χ0) is 17.6. The van der Waals surface area contributed by atoms with Crippen LogP contribution >= 0.6 is 0 Å². The number of likely N-dealkylation sites (tertiary alicyclic amines) is 1. The quantitative estimate of drug-likeness (QED) is 0.875. The molecule has 1 N–H and O–H groups in total. The van der Waals surface area contributed by atoms with Gasteiger partial charge in [0.2, 0.25) is 0 Å². The van der Waals surface area contributed by atoms with E-state index in [1.807, 2.05) is 18.2 Å². The maximum absolute atomic E-state index is 13.5. The van der Waals surface area contributed by atoms with Crippen molar-refractivity contribution in [3.63, 3.8) is 0 Å². The smallest absolute Gasteiger partial charge is 0.272 e. The lowest BCUT2D eigenvalue weighted by atomic mass is 10.1. The fourth-order valence-electron chi connectivity index (χ4n) is 3.19. The van der Waals surface area contributed by atoms with E-state index in [4.69, 9.17) is 0 Å². The van der Waals surface area contributed by atoms with Gasteiger partial charge < -0.3 is 5.32 Å². The van der Waals surface area contributed by atoms with Crippen LogP contribution in [0.3, 0.4) is 0 Å². The van der Waals surface area contributed by atoms with Crippen LogP contribution in [-0.4, -0.2) is 35.4 Å². The average Bonchev–Trinajstić information content (AvgIpc) is 3.03. The standard InChI is InChI=1S/C19H21F2N3O/c20-16-10-17(21)18(23-11-16)19(25)22-8-6-15-7-9-24(13-15)12-14-4-2-1-3-5-14/h1-5,10-11,15H,6-9,12-13H2,(H,22,25)/t15-/m0/s1. The largest absolute Gasteiger partial charge is 0.351 e. The summed E-state index contributed by atoms with van der Waals surface area (Å²) in [6, 6.07) is 11.0. The first kappa shape index (κ1) is 17.5. The third-order valence-electron chi connectivity index (χ3n) is 4.48. The fraction of sp³-hybridized carbons (Fsp3) is 0.368. The van der Waals surface area contributed by atoms with Gasteiger partial charge in [0, 0.05) is 25.7 Å². The predicted octanol–water partition coefficient (Wildman–Crippen LogP) is 3.00. The molecule has 132 valence electrons. The van der Waals surface area contributed by atoms with E-state index in [-0.39, 0.29) is 5.69 Å². The topological polar surface area (TPSA) is 45.2 Å². The number of carbonyl (C=O) groups excluding carboxylic acids is 1. The van der Waals surface area contributed by atoms with E-state index in [0.717, 1.165) is 38.7 Å². The van der Waals surface area contributed by atoms with Crippen molar-refractivity contribution >= 4 is 5.91 Å². The van der Waals surface area contributed by atoms with Gasteiger partial charge in [-0.3, -0.25) is 9.69 Å². The molecule has 3 rings (SSSR count). The van der Waals surface area contributed by atoms with Gasteiger partial charge in [-0.1, -0.05) is 30.3 Å². The zero-order valence-electron chi connectivity index (χ0n) is 13.9. The second-order valence-electron chi connectivity index (χ2n) is 6.40. The fourth-order valence-corrected chi connectivity index (χ4v) is 3.19. The molecule has 6 heteroatoms. The molecule has 1 amide bonds. The molecule has 0 bridgehead atoms. The molecule has 1 fully saturated rings. The number of hydrogen-bond acceptors (Lipinski definition) is 3. The van der Waals surface area contributed by atoms with Crippen molar-refractivity contribution in [2.75, 3.05) is 19.6 Å². The Balaban J connectivity index is 1.41. The minimum atomic E-state index is -0.938. The predicted molar refractivity (Wildman–Crippen MR) is 90.9 cm³/mol. The number of hydrogen-bond donors (Lipinski definition) is 1. The molecule has 0 saturated carbocycles. The minimum Gasteiger partial charge on any atom is -0.351 e. The molecule has 1 saturated heterocycles. The number of halogens is 2. The summed E-state index contributed by atoms with van der Waals surface area (Å²) in [6.07, 6.45) is 2.77. The molecule has 0 unspecified atom stereocenters.